The van der Waals surface area contributed by atoms with Gasteiger partial charge in [-0.2, -0.15) is 0 Å². The lowest BCUT2D eigenvalue weighted by atomic mass is 9.91. The minimum Gasteiger partial charge on any atom is -0.354 e. The van der Waals surface area contributed by atoms with Crippen LogP contribution in [-0.2, 0) is 10.3 Å². The number of amides is 1. The maximum Gasteiger partial charge on any atom is 0.244 e. The molecule has 0 saturated carbocycles. The number of halogens is 1. The van der Waals surface area contributed by atoms with Gasteiger partial charge in [0, 0.05) is 11.6 Å². The summed E-state index contributed by atoms with van der Waals surface area (Å²) in [6.45, 7) is 3.39. The molecule has 0 spiro atoms. The lowest BCUT2D eigenvalue weighted by Crippen LogP contribution is -2.50. The molecule has 16 heavy (non-hydrogen) atoms. The van der Waals surface area contributed by atoms with Crippen molar-refractivity contribution in [3.8, 4) is 0 Å². The van der Waals surface area contributed by atoms with Crippen LogP contribution in [0, 0.1) is 0 Å². The highest BCUT2D eigenvalue weighted by atomic mass is 35.5. The van der Waals surface area contributed by atoms with Crippen molar-refractivity contribution >= 4 is 17.5 Å². The zero-order chi connectivity index (χ0) is 11.6. The van der Waals surface area contributed by atoms with E-state index in [1.54, 1.807) is 0 Å². The van der Waals surface area contributed by atoms with Gasteiger partial charge in [-0.25, -0.2) is 0 Å². The van der Waals surface area contributed by atoms with Gasteiger partial charge in [-0.3, -0.25) is 10.1 Å². The fourth-order valence-electron chi connectivity index (χ4n) is 1.97. The van der Waals surface area contributed by atoms with Crippen LogP contribution in [-0.4, -0.2) is 19.0 Å². The highest BCUT2D eigenvalue weighted by molar-refractivity contribution is 6.31. The number of carbonyl (C=O) groups excluding carboxylic acids is 1. The van der Waals surface area contributed by atoms with Crippen molar-refractivity contribution in [2.45, 2.75) is 18.9 Å². The van der Waals surface area contributed by atoms with Crippen molar-refractivity contribution in [1.29, 1.82) is 0 Å². The van der Waals surface area contributed by atoms with Crippen molar-refractivity contribution in [1.82, 2.24) is 10.6 Å². The molecule has 1 heterocycles. The van der Waals surface area contributed by atoms with Crippen molar-refractivity contribution in [3.63, 3.8) is 0 Å². The minimum absolute atomic E-state index is 0.0156. The number of hydrogen-bond donors (Lipinski definition) is 2. The lowest BCUT2D eigenvalue weighted by molar-refractivity contribution is -0.126. The Morgan fingerprint density at radius 1 is 1.31 bits per heavy atom. The van der Waals surface area contributed by atoms with Gasteiger partial charge in [-0.05, 0) is 31.5 Å². The Balaban J connectivity index is 2.43. The summed E-state index contributed by atoms with van der Waals surface area (Å²) in [5, 5.41) is 6.79. The third kappa shape index (κ3) is 1.93. The number of carbonyl (C=O) groups is 1. The highest BCUT2D eigenvalue weighted by Crippen LogP contribution is 2.28. The van der Waals surface area contributed by atoms with Gasteiger partial charge in [0.25, 0.3) is 0 Å². The summed E-state index contributed by atoms with van der Waals surface area (Å²) < 4.78 is 0. The third-order valence-electron chi connectivity index (χ3n) is 2.98. The van der Waals surface area contributed by atoms with Gasteiger partial charge in [-0.15, -0.1) is 0 Å². The first-order valence-electron chi connectivity index (χ1n) is 5.43. The molecular weight excluding hydrogens is 224 g/mol. The van der Waals surface area contributed by atoms with Crippen LogP contribution in [0.3, 0.4) is 0 Å². The summed E-state index contributed by atoms with van der Waals surface area (Å²) in [4.78, 5) is 12.1. The standard InChI is InChI=1S/C12H15ClN2O/c1-12(9-5-2-3-6-10(9)13)11(16)14-7-4-8-15-12/h2-3,5-6,15H,4,7-8H2,1H3,(H,14,16). The highest BCUT2D eigenvalue weighted by Gasteiger charge is 2.37. The lowest BCUT2D eigenvalue weighted by Gasteiger charge is -2.28. The van der Waals surface area contributed by atoms with Crippen LogP contribution in [0.5, 0.6) is 0 Å². The summed E-state index contributed by atoms with van der Waals surface area (Å²) in [5.41, 5.74) is 0.102. The van der Waals surface area contributed by atoms with Gasteiger partial charge in [0.1, 0.15) is 5.54 Å². The van der Waals surface area contributed by atoms with Crippen molar-refractivity contribution in [2.24, 2.45) is 0 Å². The molecule has 1 amide bonds. The predicted molar refractivity (Wildman–Crippen MR) is 64.4 cm³/mol. The molecule has 0 aliphatic carbocycles. The van der Waals surface area contributed by atoms with Gasteiger partial charge in [-0.1, -0.05) is 29.8 Å². The van der Waals surface area contributed by atoms with Gasteiger partial charge in [0.2, 0.25) is 5.91 Å². The molecule has 2 rings (SSSR count). The van der Waals surface area contributed by atoms with Crippen LogP contribution in [0.2, 0.25) is 5.02 Å². The zero-order valence-corrected chi connectivity index (χ0v) is 9.97. The van der Waals surface area contributed by atoms with Gasteiger partial charge >= 0.3 is 0 Å². The molecule has 0 radical (unpaired) electrons. The Morgan fingerprint density at radius 2 is 2.06 bits per heavy atom. The first-order valence-corrected chi connectivity index (χ1v) is 5.81. The first-order chi connectivity index (χ1) is 7.64. The van der Waals surface area contributed by atoms with Crippen LogP contribution < -0.4 is 10.6 Å². The summed E-state index contributed by atoms with van der Waals surface area (Å²) in [6.07, 6.45) is 0.936. The van der Waals surface area contributed by atoms with E-state index in [1.807, 2.05) is 31.2 Å². The monoisotopic (exact) mass is 238 g/mol. The number of hydrogen-bond acceptors (Lipinski definition) is 2. The Morgan fingerprint density at radius 3 is 2.81 bits per heavy atom. The van der Waals surface area contributed by atoms with E-state index in [0.717, 1.165) is 18.5 Å². The largest absolute Gasteiger partial charge is 0.354 e. The van der Waals surface area contributed by atoms with E-state index >= 15 is 0 Å². The molecule has 0 bridgehead atoms. The molecule has 1 fully saturated rings. The van der Waals surface area contributed by atoms with Gasteiger partial charge < -0.3 is 5.32 Å². The van der Waals surface area contributed by atoms with E-state index in [0.29, 0.717) is 11.6 Å². The van der Waals surface area contributed by atoms with Crippen LogP contribution in [0.25, 0.3) is 0 Å². The molecular formula is C12H15ClN2O. The summed E-state index contributed by atoms with van der Waals surface area (Å²) in [5.74, 6) is -0.0156. The Hall–Kier alpha value is -1.06. The Kier molecular flexibility index (Phi) is 3.17. The molecule has 1 unspecified atom stereocenters. The third-order valence-corrected chi connectivity index (χ3v) is 3.31. The minimum atomic E-state index is -0.727. The molecule has 1 aliphatic rings. The molecule has 1 aromatic rings. The molecule has 3 nitrogen and oxygen atoms in total. The summed E-state index contributed by atoms with van der Waals surface area (Å²) in [7, 11) is 0. The Bertz CT molecular complexity index is 408. The van der Waals surface area contributed by atoms with E-state index in [-0.39, 0.29) is 5.91 Å². The second kappa shape index (κ2) is 4.44. The van der Waals surface area contributed by atoms with E-state index in [2.05, 4.69) is 10.6 Å². The smallest absolute Gasteiger partial charge is 0.244 e. The van der Waals surface area contributed by atoms with Crippen molar-refractivity contribution in [2.75, 3.05) is 13.1 Å². The second-order valence-corrected chi connectivity index (χ2v) is 4.55. The van der Waals surface area contributed by atoms with Crippen LogP contribution in [0.1, 0.15) is 18.9 Å². The zero-order valence-electron chi connectivity index (χ0n) is 9.22. The molecule has 1 saturated heterocycles. The summed E-state index contributed by atoms with van der Waals surface area (Å²) >= 11 is 6.15. The first kappa shape index (κ1) is 11.4. The molecule has 2 N–H and O–H groups in total. The molecule has 1 aromatic carbocycles. The fraction of sp³-hybridized carbons (Fsp3) is 0.417. The molecule has 0 aromatic heterocycles. The second-order valence-electron chi connectivity index (χ2n) is 4.14. The maximum absolute atomic E-state index is 12.1. The molecule has 4 heteroatoms. The normalized spacial score (nSPS) is 26.0. The van der Waals surface area contributed by atoms with Gasteiger partial charge in [0.05, 0.1) is 0 Å². The average molecular weight is 239 g/mol. The van der Waals surface area contributed by atoms with Crippen LogP contribution >= 0.6 is 11.6 Å². The maximum atomic E-state index is 12.1. The molecule has 1 aliphatic heterocycles. The van der Waals surface area contributed by atoms with Crippen LogP contribution in [0.15, 0.2) is 24.3 Å². The topological polar surface area (TPSA) is 41.1 Å². The Labute approximate surface area is 100 Å². The fourth-order valence-corrected chi connectivity index (χ4v) is 2.29. The van der Waals surface area contributed by atoms with E-state index in [4.69, 9.17) is 11.6 Å². The van der Waals surface area contributed by atoms with E-state index < -0.39 is 5.54 Å². The van der Waals surface area contributed by atoms with Gasteiger partial charge in [0.15, 0.2) is 0 Å². The SMILES string of the molecule is CC1(c2ccccc2Cl)NCCCNC1=O. The van der Waals surface area contributed by atoms with E-state index in [1.165, 1.54) is 0 Å². The number of nitrogens with one attached hydrogen (secondary N) is 2. The van der Waals surface area contributed by atoms with E-state index in [9.17, 15) is 4.79 Å². The van der Waals surface area contributed by atoms with Crippen molar-refractivity contribution < 1.29 is 4.79 Å². The van der Waals surface area contributed by atoms with Crippen molar-refractivity contribution in [3.05, 3.63) is 34.9 Å². The summed E-state index contributed by atoms with van der Waals surface area (Å²) in [6, 6.07) is 7.46. The molecule has 86 valence electrons. The predicted octanol–water partition coefficient (Wildman–Crippen LogP) is 1.66. The quantitative estimate of drug-likeness (QED) is 0.782. The average Bonchev–Trinajstić information content (AvgIpc) is 2.43. The van der Waals surface area contributed by atoms with Crippen LogP contribution in [0.4, 0.5) is 0 Å². The number of benzene rings is 1. The molecule has 1 atom stereocenters. The number of rotatable bonds is 1.